The van der Waals surface area contributed by atoms with Crippen LogP contribution in [0.1, 0.15) is 52.1 Å². The van der Waals surface area contributed by atoms with Crippen LogP contribution in [0.25, 0.3) is 0 Å². The maximum Gasteiger partial charge on any atom is 0.118 e. The molecule has 1 N–H and O–H groups in total. The Bertz CT molecular complexity index is 450. The van der Waals surface area contributed by atoms with Gasteiger partial charge in [-0.05, 0) is 59.2 Å². The van der Waals surface area contributed by atoms with Gasteiger partial charge in [-0.2, -0.15) is 0 Å². The average Bonchev–Trinajstić information content (AvgIpc) is 2.83. The van der Waals surface area contributed by atoms with Crippen molar-refractivity contribution in [2.45, 2.75) is 64.8 Å². The fourth-order valence-corrected chi connectivity index (χ4v) is 2.78. The second kappa shape index (κ2) is 6.51. The van der Waals surface area contributed by atoms with Gasteiger partial charge in [-0.15, -0.1) is 0 Å². The fraction of sp³-hybridized carbons (Fsp3) is 0.765. The molecule has 0 spiro atoms. The SMILES string of the molecule is COC1(C)CCCN(Cc2ccc(CNC(C)(C)C)o2)C1. The van der Waals surface area contributed by atoms with Crippen LogP contribution in [0.5, 0.6) is 0 Å². The summed E-state index contributed by atoms with van der Waals surface area (Å²) in [6.07, 6.45) is 2.32. The minimum atomic E-state index is -0.0124. The number of nitrogens with zero attached hydrogens (tertiary/aromatic N) is 1. The number of piperidine rings is 1. The normalized spacial score (nSPS) is 24.4. The highest BCUT2D eigenvalue weighted by atomic mass is 16.5. The Labute approximate surface area is 128 Å². The van der Waals surface area contributed by atoms with Crippen LogP contribution in [-0.4, -0.2) is 36.2 Å². The molecule has 1 aliphatic heterocycles. The van der Waals surface area contributed by atoms with Gasteiger partial charge in [0.25, 0.3) is 0 Å². The lowest BCUT2D eigenvalue weighted by molar-refractivity contribution is -0.0539. The number of nitrogens with one attached hydrogen (secondary N) is 1. The molecule has 1 aliphatic rings. The second-order valence-electron chi connectivity index (χ2n) is 7.44. The third-order valence-electron chi connectivity index (χ3n) is 4.12. The number of hydrogen-bond acceptors (Lipinski definition) is 4. The lowest BCUT2D eigenvalue weighted by Crippen LogP contribution is -2.46. The summed E-state index contributed by atoms with van der Waals surface area (Å²) in [5.74, 6) is 2.05. The monoisotopic (exact) mass is 294 g/mol. The minimum Gasteiger partial charge on any atom is -0.463 e. The number of rotatable bonds is 5. The van der Waals surface area contributed by atoms with Gasteiger partial charge in [-0.1, -0.05) is 0 Å². The van der Waals surface area contributed by atoms with E-state index in [9.17, 15) is 0 Å². The summed E-state index contributed by atoms with van der Waals surface area (Å²) in [5.41, 5.74) is 0.0988. The van der Waals surface area contributed by atoms with E-state index in [0.717, 1.165) is 44.1 Å². The molecule has 2 heterocycles. The van der Waals surface area contributed by atoms with Crippen LogP contribution in [0.15, 0.2) is 16.5 Å². The first-order valence-corrected chi connectivity index (χ1v) is 7.90. The Morgan fingerprint density at radius 2 is 2.05 bits per heavy atom. The Morgan fingerprint density at radius 3 is 2.71 bits per heavy atom. The molecule has 2 rings (SSSR count). The van der Waals surface area contributed by atoms with Crippen molar-refractivity contribution in [3.63, 3.8) is 0 Å². The van der Waals surface area contributed by atoms with Crippen molar-refractivity contribution in [3.05, 3.63) is 23.7 Å². The number of furan rings is 1. The van der Waals surface area contributed by atoms with E-state index in [1.165, 1.54) is 6.42 Å². The first-order valence-electron chi connectivity index (χ1n) is 7.90. The van der Waals surface area contributed by atoms with Gasteiger partial charge < -0.3 is 14.5 Å². The largest absolute Gasteiger partial charge is 0.463 e. The maximum atomic E-state index is 5.94. The summed E-state index contributed by atoms with van der Waals surface area (Å²) in [6, 6.07) is 4.17. The summed E-state index contributed by atoms with van der Waals surface area (Å²) in [4.78, 5) is 2.42. The molecule has 0 bridgehead atoms. The molecule has 0 aromatic carbocycles. The highest BCUT2D eigenvalue weighted by molar-refractivity contribution is 5.07. The van der Waals surface area contributed by atoms with E-state index in [4.69, 9.17) is 9.15 Å². The molecule has 1 saturated heterocycles. The van der Waals surface area contributed by atoms with Crippen molar-refractivity contribution in [1.82, 2.24) is 10.2 Å². The third-order valence-corrected chi connectivity index (χ3v) is 4.12. The van der Waals surface area contributed by atoms with Crippen molar-refractivity contribution in [2.75, 3.05) is 20.2 Å². The molecule has 1 aromatic rings. The van der Waals surface area contributed by atoms with E-state index in [0.29, 0.717) is 0 Å². The van der Waals surface area contributed by atoms with Gasteiger partial charge in [0.1, 0.15) is 11.5 Å². The molecule has 4 nitrogen and oxygen atoms in total. The highest BCUT2D eigenvalue weighted by Gasteiger charge is 2.30. The summed E-state index contributed by atoms with van der Waals surface area (Å²) in [6.45, 7) is 12.4. The first-order chi connectivity index (χ1) is 9.80. The van der Waals surface area contributed by atoms with Gasteiger partial charge in [0.2, 0.25) is 0 Å². The summed E-state index contributed by atoms with van der Waals surface area (Å²) in [5, 5.41) is 3.45. The molecule has 0 amide bonds. The predicted molar refractivity (Wildman–Crippen MR) is 85.2 cm³/mol. The van der Waals surface area contributed by atoms with Gasteiger partial charge in [0.15, 0.2) is 0 Å². The molecule has 1 atom stereocenters. The molecular formula is C17H30N2O2. The van der Waals surface area contributed by atoms with Crippen molar-refractivity contribution >= 4 is 0 Å². The zero-order valence-electron chi connectivity index (χ0n) is 14.2. The van der Waals surface area contributed by atoms with Gasteiger partial charge >= 0.3 is 0 Å². The van der Waals surface area contributed by atoms with Crippen LogP contribution in [0.2, 0.25) is 0 Å². The van der Waals surface area contributed by atoms with Gasteiger partial charge in [0, 0.05) is 19.2 Å². The summed E-state index contributed by atoms with van der Waals surface area (Å²) < 4.78 is 11.6. The lowest BCUT2D eigenvalue weighted by atomic mass is 9.95. The van der Waals surface area contributed by atoms with Crippen LogP contribution in [0, 0.1) is 0 Å². The molecule has 4 heteroatoms. The molecule has 0 aliphatic carbocycles. The number of hydrogen-bond donors (Lipinski definition) is 1. The van der Waals surface area contributed by atoms with Gasteiger partial charge in [-0.3, -0.25) is 4.90 Å². The van der Waals surface area contributed by atoms with E-state index in [2.05, 4.69) is 50.0 Å². The maximum absolute atomic E-state index is 5.94. The van der Waals surface area contributed by atoms with Crippen LogP contribution < -0.4 is 5.32 Å². The fourth-order valence-electron chi connectivity index (χ4n) is 2.78. The lowest BCUT2D eigenvalue weighted by Gasteiger charge is -2.39. The van der Waals surface area contributed by atoms with E-state index in [1.807, 2.05) is 7.11 Å². The molecule has 1 unspecified atom stereocenters. The topological polar surface area (TPSA) is 37.6 Å². The Kier molecular flexibility index (Phi) is 5.12. The molecular weight excluding hydrogens is 264 g/mol. The molecule has 1 fully saturated rings. The Balaban J connectivity index is 1.87. The van der Waals surface area contributed by atoms with Gasteiger partial charge in [-0.25, -0.2) is 0 Å². The minimum absolute atomic E-state index is 0.0124. The van der Waals surface area contributed by atoms with E-state index >= 15 is 0 Å². The number of ether oxygens (including phenoxy) is 1. The Hall–Kier alpha value is -0.840. The van der Waals surface area contributed by atoms with Crippen LogP contribution >= 0.6 is 0 Å². The molecule has 120 valence electrons. The predicted octanol–water partition coefficient (Wildman–Crippen LogP) is 3.17. The highest BCUT2D eigenvalue weighted by Crippen LogP contribution is 2.25. The van der Waals surface area contributed by atoms with E-state index in [1.54, 1.807) is 0 Å². The molecule has 21 heavy (non-hydrogen) atoms. The second-order valence-corrected chi connectivity index (χ2v) is 7.44. The third kappa shape index (κ3) is 5.13. The Morgan fingerprint density at radius 1 is 1.33 bits per heavy atom. The van der Waals surface area contributed by atoms with E-state index < -0.39 is 0 Å². The van der Waals surface area contributed by atoms with E-state index in [-0.39, 0.29) is 11.1 Å². The number of likely N-dealkylation sites (tertiary alicyclic amines) is 1. The molecule has 0 saturated carbocycles. The quantitative estimate of drug-likeness (QED) is 0.905. The smallest absolute Gasteiger partial charge is 0.118 e. The van der Waals surface area contributed by atoms with Crippen LogP contribution in [0.3, 0.4) is 0 Å². The standard InChI is InChI=1S/C17H30N2O2/c1-16(2,3)18-11-14-7-8-15(21-14)12-19-10-6-9-17(4,13-19)20-5/h7-8,18H,6,9-13H2,1-5H3. The summed E-state index contributed by atoms with van der Waals surface area (Å²) in [7, 11) is 1.81. The number of methoxy groups -OCH3 is 1. The van der Waals surface area contributed by atoms with Crippen molar-refractivity contribution < 1.29 is 9.15 Å². The van der Waals surface area contributed by atoms with Crippen molar-refractivity contribution in [1.29, 1.82) is 0 Å². The first kappa shape index (κ1) is 16.5. The van der Waals surface area contributed by atoms with Crippen LogP contribution in [0.4, 0.5) is 0 Å². The van der Waals surface area contributed by atoms with Crippen LogP contribution in [-0.2, 0) is 17.8 Å². The van der Waals surface area contributed by atoms with Crippen molar-refractivity contribution in [3.8, 4) is 0 Å². The zero-order valence-corrected chi connectivity index (χ0v) is 14.2. The zero-order chi connectivity index (χ0) is 15.5. The summed E-state index contributed by atoms with van der Waals surface area (Å²) >= 11 is 0. The molecule has 0 radical (unpaired) electrons. The average molecular weight is 294 g/mol. The molecule has 1 aromatic heterocycles. The van der Waals surface area contributed by atoms with Crippen molar-refractivity contribution in [2.24, 2.45) is 0 Å². The van der Waals surface area contributed by atoms with Gasteiger partial charge in [0.05, 0.1) is 18.7 Å².